The monoisotopic (exact) mass is 472 g/mol. The Labute approximate surface area is 188 Å². The van der Waals surface area contributed by atoms with E-state index in [4.69, 9.17) is 28.0 Å². The van der Waals surface area contributed by atoms with Crippen molar-refractivity contribution in [1.29, 1.82) is 0 Å². The van der Waals surface area contributed by atoms with Crippen molar-refractivity contribution in [3.05, 3.63) is 68.7 Å². The average Bonchev–Trinajstić information content (AvgIpc) is 3.12. The first-order valence-corrected chi connectivity index (χ1v) is 10.3. The van der Waals surface area contributed by atoms with Crippen LogP contribution in [-0.2, 0) is 10.4 Å². The summed E-state index contributed by atoms with van der Waals surface area (Å²) in [5.41, 5.74) is -0.263. The zero-order chi connectivity index (χ0) is 23.0. The molecule has 4 nitrogen and oxygen atoms in total. The van der Waals surface area contributed by atoms with Crippen molar-refractivity contribution in [1.82, 2.24) is 0 Å². The van der Waals surface area contributed by atoms with E-state index in [1.165, 1.54) is 18.2 Å². The van der Waals surface area contributed by atoms with Gasteiger partial charge in [0.05, 0.1) is 11.4 Å². The van der Waals surface area contributed by atoms with Gasteiger partial charge in [-0.05, 0) is 54.7 Å². The van der Waals surface area contributed by atoms with Gasteiger partial charge in [-0.15, -0.1) is 0 Å². The lowest BCUT2D eigenvalue weighted by Crippen LogP contribution is -2.42. The van der Waals surface area contributed by atoms with E-state index in [-0.39, 0.29) is 27.2 Å². The molecule has 0 saturated heterocycles. The van der Waals surface area contributed by atoms with Gasteiger partial charge in [0.2, 0.25) is 0 Å². The van der Waals surface area contributed by atoms with E-state index in [1.807, 2.05) is 13.8 Å². The molecule has 9 heteroatoms. The summed E-state index contributed by atoms with van der Waals surface area (Å²) in [6, 6.07) is 8.79. The fraction of sp³-hybridized carbons (Fsp3) is 0.364. The van der Waals surface area contributed by atoms with Crippen LogP contribution in [0.1, 0.15) is 48.9 Å². The predicted octanol–water partition coefficient (Wildman–Crippen LogP) is 7.11. The quantitative estimate of drug-likeness (QED) is 0.286. The van der Waals surface area contributed by atoms with E-state index < -0.39 is 18.2 Å². The van der Waals surface area contributed by atoms with Crippen LogP contribution in [0.15, 0.2) is 46.7 Å². The normalized spacial score (nSPS) is 19.5. The van der Waals surface area contributed by atoms with Gasteiger partial charge in [0.15, 0.2) is 0 Å². The molecule has 1 unspecified atom stereocenters. The molecule has 31 heavy (non-hydrogen) atoms. The molecule has 1 heterocycles. The van der Waals surface area contributed by atoms with Gasteiger partial charge in [-0.2, -0.15) is 13.2 Å². The van der Waals surface area contributed by atoms with Crippen LogP contribution in [0, 0.1) is 12.8 Å². The molecule has 0 amide bonds. The first kappa shape index (κ1) is 23.4. The van der Waals surface area contributed by atoms with Crippen LogP contribution < -0.4 is 0 Å². The van der Waals surface area contributed by atoms with Crippen LogP contribution in [0.4, 0.5) is 13.2 Å². The summed E-state index contributed by atoms with van der Waals surface area (Å²) in [7, 11) is 0. The number of rotatable bonds is 5. The molecule has 0 fully saturated rings. The maximum atomic E-state index is 14.1. The molecular formula is C22H21Cl2F3N2O2. The molecule has 3 rings (SSSR count). The minimum absolute atomic E-state index is 0.0735. The van der Waals surface area contributed by atoms with Crippen LogP contribution in [0.25, 0.3) is 0 Å². The third-order valence-corrected chi connectivity index (χ3v) is 5.54. The van der Waals surface area contributed by atoms with Crippen molar-refractivity contribution in [2.45, 2.75) is 45.4 Å². The first-order valence-electron chi connectivity index (χ1n) is 9.57. The molecule has 2 aromatic carbocycles. The molecule has 1 atom stereocenters. The van der Waals surface area contributed by atoms with Crippen molar-refractivity contribution in [2.24, 2.45) is 16.2 Å². The minimum Gasteiger partial charge on any atom is -0.411 e. The van der Waals surface area contributed by atoms with Crippen molar-refractivity contribution in [3.63, 3.8) is 0 Å². The summed E-state index contributed by atoms with van der Waals surface area (Å²) < 4.78 is 42.4. The Balaban J connectivity index is 1.96. The maximum Gasteiger partial charge on any atom is 0.435 e. The van der Waals surface area contributed by atoms with Crippen molar-refractivity contribution >= 4 is 34.6 Å². The third kappa shape index (κ3) is 4.67. The lowest BCUT2D eigenvalue weighted by Gasteiger charge is -2.29. The second-order valence-corrected chi connectivity index (χ2v) is 8.84. The van der Waals surface area contributed by atoms with E-state index in [9.17, 15) is 18.4 Å². The Morgan fingerprint density at radius 3 is 2.35 bits per heavy atom. The smallest absolute Gasteiger partial charge is 0.411 e. The number of nitrogens with zero attached hydrogens (tertiary/aromatic N) is 2. The van der Waals surface area contributed by atoms with Gasteiger partial charge >= 0.3 is 6.18 Å². The number of halogens is 5. The van der Waals surface area contributed by atoms with E-state index >= 15 is 0 Å². The highest BCUT2D eigenvalue weighted by atomic mass is 35.5. The molecule has 0 aromatic heterocycles. The lowest BCUT2D eigenvalue weighted by atomic mass is 9.86. The highest BCUT2D eigenvalue weighted by molar-refractivity contribution is 6.34. The van der Waals surface area contributed by atoms with E-state index in [1.54, 1.807) is 25.1 Å². The maximum absolute atomic E-state index is 14.1. The Morgan fingerprint density at radius 1 is 1.19 bits per heavy atom. The molecule has 0 bridgehead atoms. The fourth-order valence-electron chi connectivity index (χ4n) is 3.60. The third-order valence-electron chi connectivity index (χ3n) is 5.11. The lowest BCUT2D eigenvalue weighted by molar-refractivity contribution is -0.275. The Morgan fingerprint density at radius 2 is 1.84 bits per heavy atom. The van der Waals surface area contributed by atoms with Crippen molar-refractivity contribution < 1.29 is 23.2 Å². The minimum atomic E-state index is -4.75. The standard InChI is InChI=1S/C22H21Cl2F3N2O2/c1-12(2)6-19(28-30)18-5-4-14(7-13(18)3)20-11-21(31-29-20,22(25,26)27)15-8-16(23)10-17(24)9-15/h4-5,7-10,12,30H,6,11H2,1-3H3. The first-order chi connectivity index (χ1) is 14.5. The Hall–Kier alpha value is -2.25. The topological polar surface area (TPSA) is 54.2 Å². The molecule has 166 valence electrons. The van der Waals surface area contributed by atoms with Crippen LogP contribution in [0.5, 0.6) is 0 Å². The van der Waals surface area contributed by atoms with Gasteiger partial charge in [0.25, 0.3) is 5.60 Å². The van der Waals surface area contributed by atoms with Crippen LogP contribution in [-0.4, -0.2) is 22.8 Å². The number of aryl methyl sites for hydroxylation is 1. The van der Waals surface area contributed by atoms with Crippen molar-refractivity contribution in [3.8, 4) is 0 Å². The van der Waals surface area contributed by atoms with E-state index in [2.05, 4.69) is 10.3 Å². The van der Waals surface area contributed by atoms with Crippen LogP contribution in [0.2, 0.25) is 10.0 Å². The predicted molar refractivity (Wildman–Crippen MR) is 115 cm³/mol. The summed E-state index contributed by atoms with van der Waals surface area (Å²) in [5, 5.41) is 16.7. The highest BCUT2D eigenvalue weighted by Crippen LogP contribution is 2.49. The zero-order valence-corrected chi connectivity index (χ0v) is 18.6. The average molecular weight is 473 g/mol. The highest BCUT2D eigenvalue weighted by Gasteiger charge is 2.62. The van der Waals surface area contributed by atoms with Gasteiger partial charge < -0.3 is 10.0 Å². The van der Waals surface area contributed by atoms with Crippen molar-refractivity contribution in [2.75, 3.05) is 0 Å². The summed E-state index contributed by atoms with van der Waals surface area (Å²) in [5.74, 6) is 0.273. The zero-order valence-electron chi connectivity index (χ0n) is 17.1. The molecular weight excluding hydrogens is 452 g/mol. The molecule has 0 saturated carbocycles. The molecule has 1 aliphatic heterocycles. The SMILES string of the molecule is Cc1cc(C2=NOC(c3cc(Cl)cc(Cl)c3)(C(F)(F)F)C2)ccc1C(CC(C)C)=NO. The number of hydrogen-bond donors (Lipinski definition) is 1. The fourth-order valence-corrected chi connectivity index (χ4v) is 4.13. The van der Waals surface area contributed by atoms with Crippen LogP contribution >= 0.6 is 23.2 Å². The molecule has 1 N–H and O–H groups in total. The summed E-state index contributed by atoms with van der Waals surface area (Å²) in [6.45, 7) is 5.80. The number of hydrogen-bond acceptors (Lipinski definition) is 4. The second kappa shape index (κ2) is 8.71. The molecule has 2 aromatic rings. The number of benzene rings is 2. The summed E-state index contributed by atoms with van der Waals surface area (Å²) in [4.78, 5) is 5.04. The van der Waals surface area contributed by atoms with Gasteiger partial charge in [-0.1, -0.05) is 59.5 Å². The molecule has 1 aliphatic rings. The van der Waals surface area contributed by atoms with E-state index in [0.717, 1.165) is 11.1 Å². The van der Waals surface area contributed by atoms with Gasteiger partial charge in [0, 0.05) is 27.6 Å². The van der Waals surface area contributed by atoms with Crippen LogP contribution in [0.3, 0.4) is 0 Å². The summed E-state index contributed by atoms with van der Waals surface area (Å²) >= 11 is 11.9. The second-order valence-electron chi connectivity index (χ2n) is 7.96. The van der Waals surface area contributed by atoms with Gasteiger partial charge in [-0.25, -0.2) is 0 Å². The Kier molecular flexibility index (Phi) is 6.58. The van der Waals surface area contributed by atoms with E-state index in [0.29, 0.717) is 17.7 Å². The van der Waals surface area contributed by atoms with Gasteiger partial charge in [0.1, 0.15) is 0 Å². The molecule has 0 radical (unpaired) electrons. The van der Waals surface area contributed by atoms with Gasteiger partial charge in [-0.3, -0.25) is 0 Å². The summed E-state index contributed by atoms with van der Waals surface area (Å²) in [6.07, 6.45) is -4.72. The molecule has 0 spiro atoms. The Bertz CT molecular complexity index is 1030. The number of alkyl halides is 3. The molecule has 0 aliphatic carbocycles. The largest absolute Gasteiger partial charge is 0.435 e. The number of oxime groups is 2.